The van der Waals surface area contributed by atoms with Crippen molar-refractivity contribution in [2.45, 2.75) is 32.4 Å². The molecule has 0 spiro atoms. The lowest BCUT2D eigenvalue weighted by Gasteiger charge is -2.37. The fraction of sp³-hybridized carbons (Fsp3) is 0.600. The van der Waals surface area contributed by atoms with Gasteiger partial charge in [-0.2, -0.15) is 0 Å². The largest absolute Gasteiger partial charge is 0.392 e. The number of halogens is 1. The number of benzene rings is 1. The van der Waals surface area contributed by atoms with Crippen LogP contribution in [-0.2, 0) is 6.61 Å². The van der Waals surface area contributed by atoms with Crippen molar-refractivity contribution in [2.75, 3.05) is 31.6 Å². The van der Waals surface area contributed by atoms with E-state index in [0.29, 0.717) is 11.6 Å². The molecule has 1 aliphatic rings. The monoisotopic (exact) mass is 266 g/mol. The fourth-order valence-corrected chi connectivity index (χ4v) is 2.76. The van der Waals surface area contributed by atoms with Crippen LogP contribution in [0.3, 0.4) is 0 Å². The first-order valence-electron chi connectivity index (χ1n) is 6.99. The number of piperidine rings is 1. The molecule has 0 atom stereocenters. The van der Waals surface area contributed by atoms with Gasteiger partial charge >= 0.3 is 0 Å². The zero-order chi connectivity index (χ0) is 13.8. The third-order valence-corrected chi connectivity index (χ3v) is 4.08. The van der Waals surface area contributed by atoms with E-state index in [1.165, 1.54) is 6.07 Å². The summed E-state index contributed by atoms with van der Waals surface area (Å²) >= 11 is 0. The third kappa shape index (κ3) is 3.45. The van der Waals surface area contributed by atoms with Crippen LogP contribution in [0.15, 0.2) is 18.2 Å². The molecule has 2 rings (SSSR count). The molecule has 106 valence electrons. The summed E-state index contributed by atoms with van der Waals surface area (Å²) in [6, 6.07) is 5.26. The van der Waals surface area contributed by atoms with Crippen molar-refractivity contribution in [2.24, 2.45) is 0 Å². The van der Waals surface area contributed by atoms with Crippen molar-refractivity contribution in [3.8, 4) is 0 Å². The number of anilines is 1. The van der Waals surface area contributed by atoms with Gasteiger partial charge in [0.25, 0.3) is 0 Å². The van der Waals surface area contributed by atoms with E-state index in [0.717, 1.165) is 38.2 Å². The minimum atomic E-state index is -0.278. The first-order chi connectivity index (χ1) is 9.13. The minimum Gasteiger partial charge on any atom is -0.392 e. The van der Waals surface area contributed by atoms with Crippen molar-refractivity contribution < 1.29 is 9.50 Å². The van der Waals surface area contributed by atoms with E-state index < -0.39 is 0 Å². The summed E-state index contributed by atoms with van der Waals surface area (Å²) in [6.07, 6.45) is 2.21. The summed E-state index contributed by atoms with van der Waals surface area (Å²) in [5, 5.41) is 9.15. The van der Waals surface area contributed by atoms with E-state index in [9.17, 15) is 4.39 Å². The van der Waals surface area contributed by atoms with Crippen LogP contribution in [0.5, 0.6) is 0 Å². The van der Waals surface area contributed by atoms with Crippen LogP contribution in [-0.4, -0.2) is 42.7 Å². The average molecular weight is 266 g/mol. The highest BCUT2D eigenvalue weighted by molar-refractivity contribution is 5.49. The Balaban J connectivity index is 2.07. The Morgan fingerprint density at radius 2 is 2.00 bits per heavy atom. The Bertz CT molecular complexity index is 417. The quantitative estimate of drug-likeness (QED) is 0.905. The molecule has 19 heavy (non-hydrogen) atoms. The van der Waals surface area contributed by atoms with Crippen molar-refractivity contribution in [1.82, 2.24) is 4.90 Å². The number of likely N-dealkylation sites (tertiary alicyclic amines) is 1. The van der Waals surface area contributed by atoms with Gasteiger partial charge in [-0.05, 0) is 43.1 Å². The molecule has 1 heterocycles. The lowest BCUT2D eigenvalue weighted by atomic mass is 10.0. The molecule has 0 aliphatic carbocycles. The van der Waals surface area contributed by atoms with Crippen LogP contribution >= 0.6 is 0 Å². The first kappa shape index (κ1) is 14.3. The molecule has 0 unspecified atom stereocenters. The summed E-state index contributed by atoms with van der Waals surface area (Å²) in [4.78, 5) is 4.59. The van der Waals surface area contributed by atoms with Crippen molar-refractivity contribution in [1.29, 1.82) is 0 Å². The molecule has 1 fully saturated rings. The molecule has 1 aromatic rings. The summed E-state index contributed by atoms with van der Waals surface area (Å²) in [5.41, 5.74) is 1.49. The minimum absolute atomic E-state index is 0.118. The highest BCUT2D eigenvalue weighted by Gasteiger charge is 2.22. The number of nitrogens with zero attached hydrogens (tertiary/aromatic N) is 2. The second kappa shape index (κ2) is 6.35. The second-order valence-electron chi connectivity index (χ2n) is 5.25. The molecule has 0 amide bonds. The Kier molecular flexibility index (Phi) is 4.77. The molecule has 1 N–H and O–H groups in total. The predicted molar refractivity (Wildman–Crippen MR) is 75.9 cm³/mol. The SMILES string of the molecule is CCN1CCC(N(C)c2cc(F)cc(CO)c2)CC1. The highest BCUT2D eigenvalue weighted by atomic mass is 19.1. The maximum Gasteiger partial charge on any atom is 0.125 e. The summed E-state index contributed by atoms with van der Waals surface area (Å²) < 4.78 is 13.5. The van der Waals surface area contributed by atoms with Gasteiger partial charge in [0, 0.05) is 31.9 Å². The maximum atomic E-state index is 13.5. The van der Waals surface area contributed by atoms with Crippen LogP contribution in [0.4, 0.5) is 10.1 Å². The number of hydrogen-bond donors (Lipinski definition) is 1. The van der Waals surface area contributed by atoms with E-state index in [1.54, 1.807) is 6.07 Å². The lowest BCUT2D eigenvalue weighted by molar-refractivity contribution is 0.221. The molecule has 1 saturated heterocycles. The summed E-state index contributed by atoms with van der Waals surface area (Å²) in [6.45, 7) is 5.38. The zero-order valence-corrected chi connectivity index (χ0v) is 11.8. The molecule has 0 radical (unpaired) electrons. The van der Waals surface area contributed by atoms with Crippen molar-refractivity contribution >= 4 is 5.69 Å². The van der Waals surface area contributed by atoms with Gasteiger partial charge in [0.15, 0.2) is 0 Å². The average Bonchev–Trinajstić information content (AvgIpc) is 2.46. The van der Waals surface area contributed by atoms with Gasteiger partial charge in [-0.3, -0.25) is 0 Å². The topological polar surface area (TPSA) is 26.7 Å². The summed E-state index contributed by atoms with van der Waals surface area (Å²) in [5.74, 6) is -0.278. The van der Waals surface area contributed by atoms with E-state index in [2.05, 4.69) is 16.7 Å². The van der Waals surface area contributed by atoms with Crippen LogP contribution in [0, 0.1) is 5.82 Å². The van der Waals surface area contributed by atoms with Crippen LogP contribution in [0.2, 0.25) is 0 Å². The molecule has 0 aromatic heterocycles. The standard InChI is InChI=1S/C15H23FN2O/c1-3-18-6-4-14(5-7-18)17(2)15-9-12(11-19)8-13(16)10-15/h8-10,14,19H,3-7,11H2,1-2H3. The maximum absolute atomic E-state index is 13.5. The van der Waals surface area contributed by atoms with Gasteiger partial charge in [-0.15, -0.1) is 0 Å². The number of aliphatic hydroxyl groups is 1. The zero-order valence-electron chi connectivity index (χ0n) is 11.8. The number of hydrogen-bond acceptors (Lipinski definition) is 3. The second-order valence-corrected chi connectivity index (χ2v) is 5.25. The van der Waals surface area contributed by atoms with Crippen molar-refractivity contribution in [3.05, 3.63) is 29.6 Å². The van der Waals surface area contributed by atoms with Gasteiger partial charge in [-0.1, -0.05) is 6.92 Å². The Morgan fingerprint density at radius 3 is 2.58 bits per heavy atom. The molecule has 0 bridgehead atoms. The Morgan fingerprint density at radius 1 is 1.32 bits per heavy atom. The third-order valence-electron chi connectivity index (χ3n) is 4.08. The van der Waals surface area contributed by atoms with Crippen LogP contribution in [0.1, 0.15) is 25.3 Å². The normalized spacial score (nSPS) is 17.7. The van der Waals surface area contributed by atoms with Crippen LogP contribution < -0.4 is 4.90 Å². The molecule has 3 nitrogen and oxygen atoms in total. The van der Waals surface area contributed by atoms with Gasteiger partial charge in [0.05, 0.1) is 6.61 Å². The lowest BCUT2D eigenvalue weighted by Crippen LogP contribution is -2.43. The molecule has 4 heteroatoms. The molecule has 1 aliphatic heterocycles. The van der Waals surface area contributed by atoms with E-state index in [4.69, 9.17) is 5.11 Å². The van der Waals surface area contributed by atoms with Crippen LogP contribution in [0.25, 0.3) is 0 Å². The molecule has 1 aromatic carbocycles. The number of rotatable bonds is 4. The number of aliphatic hydroxyl groups excluding tert-OH is 1. The van der Waals surface area contributed by atoms with E-state index >= 15 is 0 Å². The van der Waals surface area contributed by atoms with Gasteiger partial charge in [0.2, 0.25) is 0 Å². The van der Waals surface area contributed by atoms with Gasteiger partial charge in [0.1, 0.15) is 5.82 Å². The van der Waals surface area contributed by atoms with Gasteiger partial charge in [-0.25, -0.2) is 4.39 Å². The van der Waals surface area contributed by atoms with Gasteiger partial charge < -0.3 is 14.9 Å². The molecular formula is C15H23FN2O. The summed E-state index contributed by atoms with van der Waals surface area (Å²) in [7, 11) is 2.02. The Labute approximate surface area is 114 Å². The first-order valence-corrected chi connectivity index (χ1v) is 6.99. The van der Waals surface area contributed by atoms with E-state index in [1.807, 2.05) is 13.1 Å². The van der Waals surface area contributed by atoms with E-state index in [-0.39, 0.29) is 12.4 Å². The molecule has 0 saturated carbocycles. The fourth-order valence-electron chi connectivity index (χ4n) is 2.76. The van der Waals surface area contributed by atoms with Crippen molar-refractivity contribution in [3.63, 3.8) is 0 Å². The smallest absolute Gasteiger partial charge is 0.125 e. The molecular weight excluding hydrogens is 243 g/mol. The predicted octanol–water partition coefficient (Wildman–Crippen LogP) is 2.24. The Hall–Kier alpha value is -1.13. The highest BCUT2D eigenvalue weighted by Crippen LogP contribution is 2.24.